The summed E-state index contributed by atoms with van der Waals surface area (Å²) in [7, 11) is 0. The Hall–Kier alpha value is -2.62. The molecule has 2 heterocycles. The number of benzene rings is 1. The van der Waals surface area contributed by atoms with Gasteiger partial charge in [-0.2, -0.15) is 0 Å². The van der Waals surface area contributed by atoms with Gasteiger partial charge in [0.2, 0.25) is 0 Å². The highest BCUT2D eigenvalue weighted by molar-refractivity contribution is 5.62. The van der Waals surface area contributed by atoms with Gasteiger partial charge in [0.15, 0.2) is 0 Å². The number of aryl methyl sites for hydroxylation is 2. The number of anilines is 1. The van der Waals surface area contributed by atoms with Crippen molar-refractivity contribution < 1.29 is 0 Å². The van der Waals surface area contributed by atoms with Gasteiger partial charge in [-0.25, -0.2) is 9.97 Å². The summed E-state index contributed by atoms with van der Waals surface area (Å²) in [5.74, 6) is 0.519. The Morgan fingerprint density at radius 1 is 1.00 bits per heavy atom. The largest absolute Gasteiger partial charge is 0.384 e. The fraction of sp³-hybridized carbons (Fsp3) is 0.125. The zero-order valence-electron chi connectivity index (χ0n) is 11.5. The first-order chi connectivity index (χ1) is 9.65. The minimum Gasteiger partial charge on any atom is -0.384 e. The molecule has 0 aliphatic carbocycles. The van der Waals surface area contributed by atoms with Gasteiger partial charge in [0.25, 0.3) is 0 Å². The molecule has 2 N–H and O–H groups in total. The summed E-state index contributed by atoms with van der Waals surface area (Å²) in [6.45, 7) is 4.22. The summed E-state index contributed by atoms with van der Waals surface area (Å²) in [5, 5.41) is 0. The molecule has 4 heteroatoms. The van der Waals surface area contributed by atoms with Crippen LogP contribution in [0.15, 0.2) is 49.1 Å². The van der Waals surface area contributed by atoms with E-state index >= 15 is 0 Å². The number of hydrogen-bond acceptors (Lipinski definition) is 3. The average molecular weight is 264 g/mol. The van der Waals surface area contributed by atoms with Crippen LogP contribution >= 0.6 is 0 Å². The van der Waals surface area contributed by atoms with Crippen LogP contribution < -0.4 is 5.73 Å². The van der Waals surface area contributed by atoms with E-state index in [-0.39, 0.29) is 0 Å². The highest BCUT2D eigenvalue weighted by Gasteiger charge is 2.08. The second-order valence-electron chi connectivity index (χ2n) is 4.89. The summed E-state index contributed by atoms with van der Waals surface area (Å²) in [6, 6.07) is 10.1. The van der Waals surface area contributed by atoms with E-state index in [1.807, 2.05) is 18.6 Å². The quantitative estimate of drug-likeness (QED) is 0.773. The van der Waals surface area contributed by atoms with Crippen LogP contribution in [0.2, 0.25) is 0 Å². The van der Waals surface area contributed by atoms with E-state index in [0.717, 1.165) is 16.9 Å². The van der Waals surface area contributed by atoms with E-state index in [4.69, 9.17) is 5.73 Å². The molecule has 0 spiro atoms. The van der Waals surface area contributed by atoms with Gasteiger partial charge in [-0.3, -0.25) is 4.57 Å². The topological polar surface area (TPSA) is 56.7 Å². The predicted molar refractivity (Wildman–Crippen MR) is 80.7 cm³/mol. The molecule has 20 heavy (non-hydrogen) atoms. The Balaban J connectivity index is 2.10. The van der Waals surface area contributed by atoms with Crippen molar-refractivity contribution in [2.24, 2.45) is 0 Å². The zero-order valence-corrected chi connectivity index (χ0v) is 11.5. The number of nitrogen functional groups attached to an aromatic ring is 1. The lowest BCUT2D eigenvalue weighted by Crippen LogP contribution is -1.97. The van der Waals surface area contributed by atoms with E-state index in [1.54, 1.807) is 12.3 Å². The van der Waals surface area contributed by atoms with Gasteiger partial charge >= 0.3 is 0 Å². The Morgan fingerprint density at radius 3 is 2.55 bits per heavy atom. The molecule has 0 radical (unpaired) electrons. The summed E-state index contributed by atoms with van der Waals surface area (Å²) < 4.78 is 2.06. The molecule has 2 aromatic heterocycles. The Bertz CT molecular complexity index is 741. The first-order valence-electron chi connectivity index (χ1n) is 6.47. The third-order valence-corrected chi connectivity index (χ3v) is 3.49. The van der Waals surface area contributed by atoms with Crippen molar-refractivity contribution in [3.05, 3.63) is 60.2 Å². The molecule has 0 aliphatic rings. The number of aromatic nitrogens is 3. The Morgan fingerprint density at radius 2 is 1.85 bits per heavy atom. The maximum atomic E-state index is 5.63. The number of rotatable bonds is 2. The molecule has 3 aromatic rings. The van der Waals surface area contributed by atoms with Crippen LogP contribution in [0.25, 0.3) is 16.9 Å². The van der Waals surface area contributed by atoms with E-state index in [1.165, 1.54) is 11.1 Å². The number of hydrogen-bond donors (Lipinski definition) is 1. The molecule has 4 nitrogen and oxygen atoms in total. The molecule has 1 aromatic carbocycles. The van der Waals surface area contributed by atoms with Crippen molar-refractivity contribution in [2.75, 3.05) is 5.73 Å². The van der Waals surface area contributed by atoms with Crippen molar-refractivity contribution >= 4 is 5.82 Å². The number of nitrogens with zero attached hydrogens (tertiary/aromatic N) is 3. The average Bonchev–Trinajstić information content (AvgIpc) is 2.92. The Kier molecular flexibility index (Phi) is 2.99. The summed E-state index contributed by atoms with van der Waals surface area (Å²) in [4.78, 5) is 8.39. The van der Waals surface area contributed by atoms with Gasteiger partial charge in [0, 0.05) is 17.4 Å². The van der Waals surface area contributed by atoms with Gasteiger partial charge in [0.05, 0.1) is 18.2 Å². The minimum absolute atomic E-state index is 0.519. The highest BCUT2D eigenvalue weighted by atomic mass is 15.1. The molecule has 3 rings (SSSR count). The third-order valence-electron chi connectivity index (χ3n) is 3.49. The van der Waals surface area contributed by atoms with Gasteiger partial charge in [-0.15, -0.1) is 0 Å². The van der Waals surface area contributed by atoms with Crippen LogP contribution in [0.4, 0.5) is 5.82 Å². The molecule has 0 amide bonds. The molecule has 0 bridgehead atoms. The van der Waals surface area contributed by atoms with E-state index < -0.39 is 0 Å². The van der Waals surface area contributed by atoms with Gasteiger partial charge < -0.3 is 5.73 Å². The SMILES string of the molecule is Cc1ccc(-n2cncc2-c2ccc(N)nc2)cc1C. The molecular formula is C16H16N4. The number of imidazole rings is 1. The smallest absolute Gasteiger partial charge is 0.123 e. The molecule has 0 saturated heterocycles. The molecule has 0 atom stereocenters. The summed E-state index contributed by atoms with van der Waals surface area (Å²) >= 11 is 0. The second-order valence-corrected chi connectivity index (χ2v) is 4.89. The van der Waals surface area contributed by atoms with Crippen LogP contribution in [0, 0.1) is 13.8 Å². The standard InChI is InChI=1S/C16H16N4/c1-11-3-5-14(7-12(11)2)20-10-18-9-15(20)13-4-6-16(17)19-8-13/h3-10H,1-2H3,(H2,17,19). The van der Waals surface area contributed by atoms with Crippen LogP contribution in [-0.4, -0.2) is 14.5 Å². The van der Waals surface area contributed by atoms with E-state index in [2.05, 4.69) is 46.6 Å². The minimum atomic E-state index is 0.519. The van der Waals surface area contributed by atoms with Gasteiger partial charge in [0.1, 0.15) is 5.82 Å². The first-order valence-corrected chi connectivity index (χ1v) is 6.47. The maximum absolute atomic E-state index is 5.63. The van der Waals surface area contributed by atoms with E-state index in [9.17, 15) is 0 Å². The predicted octanol–water partition coefficient (Wildman–Crippen LogP) is 3.13. The number of pyridine rings is 1. The summed E-state index contributed by atoms with van der Waals surface area (Å²) in [6.07, 6.45) is 5.42. The van der Waals surface area contributed by atoms with Crippen molar-refractivity contribution in [2.45, 2.75) is 13.8 Å². The molecule has 0 saturated carbocycles. The molecule has 0 aliphatic heterocycles. The zero-order chi connectivity index (χ0) is 14.1. The summed E-state index contributed by atoms with van der Waals surface area (Å²) in [5.41, 5.74) is 11.3. The lowest BCUT2D eigenvalue weighted by molar-refractivity contribution is 1.05. The van der Waals surface area contributed by atoms with E-state index in [0.29, 0.717) is 5.82 Å². The van der Waals surface area contributed by atoms with Crippen molar-refractivity contribution in [3.8, 4) is 16.9 Å². The second kappa shape index (κ2) is 4.81. The van der Waals surface area contributed by atoms with Gasteiger partial charge in [-0.05, 0) is 49.2 Å². The van der Waals surface area contributed by atoms with Crippen LogP contribution in [0.3, 0.4) is 0 Å². The molecule has 100 valence electrons. The monoisotopic (exact) mass is 264 g/mol. The van der Waals surface area contributed by atoms with Crippen molar-refractivity contribution in [1.29, 1.82) is 0 Å². The normalized spacial score (nSPS) is 10.7. The van der Waals surface area contributed by atoms with Gasteiger partial charge in [-0.1, -0.05) is 6.07 Å². The fourth-order valence-electron chi connectivity index (χ4n) is 2.15. The molecule has 0 unspecified atom stereocenters. The third kappa shape index (κ3) is 2.16. The lowest BCUT2D eigenvalue weighted by atomic mass is 10.1. The van der Waals surface area contributed by atoms with Crippen LogP contribution in [0.1, 0.15) is 11.1 Å². The maximum Gasteiger partial charge on any atom is 0.123 e. The lowest BCUT2D eigenvalue weighted by Gasteiger charge is -2.10. The van der Waals surface area contributed by atoms with Crippen LogP contribution in [0.5, 0.6) is 0 Å². The molecule has 0 fully saturated rings. The Labute approximate surface area is 117 Å². The molecular weight excluding hydrogens is 248 g/mol. The van der Waals surface area contributed by atoms with Crippen LogP contribution in [-0.2, 0) is 0 Å². The van der Waals surface area contributed by atoms with Crippen molar-refractivity contribution in [1.82, 2.24) is 14.5 Å². The highest BCUT2D eigenvalue weighted by Crippen LogP contribution is 2.23. The first kappa shape index (κ1) is 12.4. The number of nitrogens with two attached hydrogens (primary N) is 1. The fourth-order valence-corrected chi connectivity index (χ4v) is 2.15. The van der Waals surface area contributed by atoms with Crippen molar-refractivity contribution in [3.63, 3.8) is 0 Å².